The summed E-state index contributed by atoms with van der Waals surface area (Å²) in [7, 11) is -5.22. The molecule has 2 aromatic carbocycles. The summed E-state index contributed by atoms with van der Waals surface area (Å²) in [6.45, 7) is 27.1. The van der Waals surface area contributed by atoms with E-state index in [1.165, 1.54) is 141 Å². The van der Waals surface area contributed by atoms with Gasteiger partial charge in [-0.1, -0.05) is 264 Å². The van der Waals surface area contributed by atoms with Crippen LogP contribution in [0.5, 0.6) is 0 Å². The number of aliphatic hydroxyl groups is 4. The van der Waals surface area contributed by atoms with Crippen molar-refractivity contribution in [3.63, 3.8) is 0 Å². The summed E-state index contributed by atoms with van der Waals surface area (Å²) in [6.07, 6.45) is 34.7. The van der Waals surface area contributed by atoms with Gasteiger partial charge in [0, 0.05) is 0 Å². The summed E-state index contributed by atoms with van der Waals surface area (Å²) in [5, 5.41) is 49.3. The third-order valence-corrected chi connectivity index (χ3v) is 17.2. The summed E-state index contributed by atoms with van der Waals surface area (Å²) < 4.78 is 15.6. The van der Waals surface area contributed by atoms with Gasteiger partial charge in [0.2, 0.25) is 0 Å². The highest BCUT2D eigenvalue weighted by Crippen LogP contribution is 2.56. The number of ether oxygens (including phenoxy) is 2. The number of hydrogen-bond acceptors (Lipinski definition) is 13. The van der Waals surface area contributed by atoms with Gasteiger partial charge in [0.1, 0.15) is 5.60 Å². The second-order valence-corrected chi connectivity index (χ2v) is 29.1. The zero-order valence-electron chi connectivity index (χ0n) is 54.2. The molecule has 2 rings (SSSR count). The van der Waals surface area contributed by atoms with Gasteiger partial charge in [-0.2, -0.15) is 0 Å². The van der Waals surface area contributed by atoms with Crippen molar-refractivity contribution < 1.29 is 63.4 Å². The Morgan fingerprint density at radius 1 is 0.378 bits per heavy atom. The first-order valence-corrected chi connectivity index (χ1v) is 34.1. The SMILES string of the molecule is CCCCCCCCCCCCCCCCOC(=O)c1cc(C(C)(C)C)c(C(O)(c2c(C(C)(C)C)cc(C(=O)OCCCCCCCCCCCCCCCC)cc2C(C)(C)C)C(CO)(CO)CO)c(C(C)(C)C)c1.OP(O)OP(O)O. The van der Waals surface area contributed by atoms with Crippen molar-refractivity contribution in [2.24, 2.45) is 5.41 Å². The van der Waals surface area contributed by atoms with E-state index in [1.54, 1.807) is 24.3 Å². The summed E-state index contributed by atoms with van der Waals surface area (Å²) >= 11 is 0. The molecule has 0 fully saturated rings. The van der Waals surface area contributed by atoms with E-state index in [0.717, 1.165) is 38.5 Å². The standard InChI is InChI=1S/C67H116O8.H4O5P2/c1-15-17-19-21-23-25-27-29-31-33-35-37-39-41-43-74-60(71)52-45-54(62(3,4)5)58(55(46-52)63(6,7)8)67(73,66(49-68,50-69)51-70)59-56(64(9,10)11)47-53(48-57(59)65(12,13)14)61(72)75-44-42-40-38-36-34-32-30-28-26-24-22-20-18-16-2;1-6(2)5-7(3)4/h45-48,68-70,73H,15-44,49-51H2,1-14H3;1-4H. The Balaban J connectivity index is 0.00000448. The average molecular weight is 1200 g/mol. The minimum absolute atomic E-state index is 0.305. The van der Waals surface area contributed by atoms with Crippen molar-refractivity contribution in [1.29, 1.82) is 0 Å². The van der Waals surface area contributed by atoms with Crippen molar-refractivity contribution in [1.82, 2.24) is 0 Å². The van der Waals surface area contributed by atoms with Crippen LogP contribution in [0.1, 0.15) is 331 Å². The first-order chi connectivity index (χ1) is 38.4. The molecular formula is C67H120O13P2. The Morgan fingerprint density at radius 3 is 0.756 bits per heavy atom. The minimum Gasteiger partial charge on any atom is -0.462 e. The van der Waals surface area contributed by atoms with Crippen LogP contribution < -0.4 is 0 Å². The predicted octanol–water partition coefficient (Wildman–Crippen LogP) is 16.8. The maximum atomic E-state index is 14.5. The number of esters is 2. The predicted molar refractivity (Wildman–Crippen MR) is 339 cm³/mol. The van der Waals surface area contributed by atoms with Crippen LogP contribution >= 0.6 is 17.2 Å². The molecule has 0 unspecified atom stereocenters. The maximum absolute atomic E-state index is 14.5. The second-order valence-electron chi connectivity index (χ2n) is 27.4. The number of aliphatic hydroxyl groups excluding tert-OH is 3. The monoisotopic (exact) mass is 1190 g/mol. The number of benzene rings is 2. The van der Waals surface area contributed by atoms with Gasteiger partial charge < -0.3 is 49.5 Å². The highest BCUT2D eigenvalue weighted by Gasteiger charge is 2.58. The average Bonchev–Trinajstić information content (AvgIpc) is 3.59. The van der Waals surface area contributed by atoms with E-state index in [0.29, 0.717) is 57.7 Å². The lowest BCUT2D eigenvalue weighted by Crippen LogP contribution is -2.57. The molecule has 0 aliphatic rings. The molecule has 0 bridgehead atoms. The Labute approximate surface area is 501 Å². The number of rotatable bonds is 40. The molecule has 0 saturated heterocycles. The summed E-state index contributed by atoms with van der Waals surface area (Å²) in [5.74, 6) is -0.896. The fourth-order valence-electron chi connectivity index (χ4n) is 11.0. The Bertz CT molecular complexity index is 1850. The van der Waals surface area contributed by atoms with Gasteiger partial charge >= 0.3 is 29.1 Å². The first-order valence-electron chi connectivity index (χ1n) is 31.8. The van der Waals surface area contributed by atoms with E-state index in [2.05, 4.69) is 18.2 Å². The maximum Gasteiger partial charge on any atom is 0.338 e. The van der Waals surface area contributed by atoms with Gasteiger partial charge in [-0.3, -0.25) is 0 Å². The van der Waals surface area contributed by atoms with Gasteiger partial charge in [-0.25, -0.2) is 13.9 Å². The highest BCUT2D eigenvalue weighted by atomic mass is 31.2. The molecule has 0 aliphatic heterocycles. The van der Waals surface area contributed by atoms with E-state index in [-0.39, 0.29) is 0 Å². The van der Waals surface area contributed by atoms with Gasteiger partial charge in [0.15, 0.2) is 0 Å². The first kappa shape index (κ1) is 77.9. The second kappa shape index (κ2) is 39.6. The molecule has 0 aliphatic carbocycles. The third-order valence-electron chi connectivity index (χ3n) is 16.0. The Morgan fingerprint density at radius 2 is 0.585 bits per heavy atom. The van der Waals surface area contributed by atoms with Gasteiger partial charge in [-0.05, 0) is 92.1 Å². The van der Waals surface area contributed by atoms with Crippen LogP contribution in [0.3, 0.4) is 0 Å². The van der Waals surface area contributed by atoms with Crippen LogP contribution in [0.25, 0.3) is 0 Å². The highest BCUT2D eigenvalue weighted by molar-refractivity contribution is 7.53. The molecule has 2 aromatic rings. The molecule has 0 atom stereocenters. The van der Waals surface area contributed by atoms with Crippen LogP contribution in [-0.4, -0.2) is 85.0 Å². The van der Waals surface area contributed by atoms with Crippen molar-refractivity contribution in [3.8, 4) is 0 Å². The summed E-state index contributed by atoms with van der Waals surface area (Å²) in [5.41, 5.74) is -3.04. The molecule has 0 heterocycles. The Hall–Kier alpha value is -2.12. The lowest BCUT2D eigenvalue weighted by atomic mass is 9.56. The van der Waals surface area contributed by atoms with Crippen molar-refractivity contribution in [2.75, 3.05) is 33.0 Å². The van der Waals surface area contributed by atoms with E-state index in [4.69, 9.17) is 29.0 Å². The van der Waals surface area contributed by atoms with E-state index >= 15 is 0 Å². The fraction of sp³-hybridized carbons (Fsp3) is 0.791. The van der Waals surface area contributed by atoms with Crippen molar-refractivity contribution >= 4 is 29.1 Å². The molecule has 82 heavy (non-hydrogen) atoms. The van der Waals surface area contributed by atoms with Crippen LogP contribution in [0, 0.1) is 5.41 Å². The van der Waals surface area contributed by atoms with Gasteiger partial charge in [-0.15, -0.1) is 0 Å². The largest absolute Gasteiger partial charge is 0.462 e. The quantitative estimate of drug-likeness (QED) is 0.0177. The lowest BCUT2D eigenvalue weighted by Gasteiger charge is -2.51. The third kappa shape index (κ3) is 27.3. The van der Waals surface area contributed by atoms with E-state index in [9.17, 15) is 30.0 Å². The molecule has 15 heteroatoms. The van der Waals surface area contributed by atoms with Crippen LogP contribution in [-0.2, 0) is 41.0 Å². The molecule has 0 aromatic heterocycles. The van der Waals surface area contributed by atoms with Crippen LogP contribution in [0.15, 0.2) is 24.3 Å². The zero-order valence-corrected chi connectivity index (χ0v) is 55.9. The molecule has 0 spiro atoms. The normalized spacial score (nSPS) is 12.8. The smallest absolute Gasteiger partial charge is 0.338 e. The molecular weight excluding hydrogens is 1070 g/mol. The molecule has 476 valence electrons. The molecule has 0 saturated carbocycles. The number of hydrogen-bond donors (Lipinski definition) is 8. The van der Waals surface area contributed by atoms with Crippen molar-refractivity contribution in [3.05, 3.63) is 68.8 Å². The molecule has 0 amide bonds. The number of carbonyl (C=O) groups excluding carboxylic acids is 2. The Kier molecular flexibility index (Phi) is 37.6. The molecule has 13 nitrogen and oxygen atoms in total. The number of carbonyl (C=O) groups is 2. The molecule has 0 radical (unpaired) electrons. The number of unbranched alkanes of at least 4 members (excludes halogenated alkanes) is 26. The summed E-state index contributed by atoms with van der Waals surface area (Å²) in [6, 6.07) is 7.21. The molecule has 8 N–H and O–H groups in total. The fourth-order valence-corrected chi connectivity index (χ4v) is 11.5. The lowest BCUT2D eigenvalue weighted by molar-refractivity contribution is -0.138. The zero-order chi connectivity index (χ0) is 62.2. The van der Waals surface area contributed by atoms with Gasteiger partial charge in [0.05, 0.1) is 49.6 Å². The van der Waals surface area contributed by atoms with Crippen molar-refractivity contribution in [2.45, 2.75) is 304 Å². The van der Waals surface area contributed by atoms with Crippen LogP contribution in [0.4, 0.5) is 0 Å². The van der Waals surface area contributed by atoms with E-state index in [1.807, 2.05) is 83.1 Å². The minimum atomic E-state index is -2.61. The van der Waals surface area contributed by atoms with Gasteiger partial charge in [0.25, 0.3) is 0 Å². The topological polar surface area (TPSA) is 224 Å². The van der Waals surface area contributed by atoms with Crippen LogP contribution in [0.2, 0.25) is 0 Å². The summed E-state index contributed by atoms with van der Waals surface area (Å²) in [4.78, 5) is 59.6. The van der Waals surface area contributed by atoms with E-state index < -0.39 is 81.6 Å².